The van der Waals surface area contributed by atoms with E-state index in [1.807, 2.05) is 13.8 Å². The van der Waals surface area contributed by atoms with Crippen molar-refractivity contribution in [2.75, 3.05) is 0 Å². The Hall–Kier alpha value is -2.02. The number of carbonyl (C=O) groups excluding carboxylic acids is 1. The molecule has 0 bridgehead atoms. The van der Waals surface area contributed by atoms with Crippen molar-refractivity contribution >= 4 is 33.1 Å². The van der Waals surface area contributed by atoms with Gasteiger partial charge in [0.05, 0.1) is 5.39 Å². The highest BCUT2D eigenvalue weighted by atomic mass is 32.1. The first-order valence-electron chi connectivity index (χ1n) is 8.53. The number of nitrogens with one attached hydrogen (secondary N) is 1. The Balaban J connectivity index is 1.83. The largest absolute Gasteiger partial charge is 0.347 e. The number of amides is 1. The molecule has 0 radical (unpaired) electrons. The first kappa shape index (κ1) is 15.5. The molecule has 4 rings (SSSR count). The SMILES string of the molecule is CC[C@H](C)NC(=O)c1nc2c3c4c(sc3ncn2n1)CC[C@@H](C)C4. The second-order valence-corrected chi connectivity index (χ2v) is 7.85. The van der Waals surface area contributed by atoms with Gasteiger partial charge in [0, 0.05) is 10.9 Å². The molecule has 3 aromatic rings. The standard InChI is InChI=1S/C17H21N5OS/c1-4-10(3)19-16(23)14-20-15-13-11-7-9(2)5-6-12(11)24-17(13)18-8-22(15)21-14/h8-10H,4-7H2,1-3H3,(H,19,23)/t9-,10+/m1/s1. The maximum absolute atomic E-state index is 12.3. The Kier molecular flexibility index (Phi) is 3.75. The molecule has 1 N–H and O–H groups in total. The van der Waals surface area contributed by atoms with Crippen LogP contribution in [-0.4, -0.2) is 31.5 Å². The minimum absolute atomic E-state index is 0.108. The van der Waals surface area contributed by atoms with Crippen molar-refractivity contribution in [3.8, 4) is 0 Å². The molecular formula is C17H21N5OS. The van der Waals surface area contributed by atoms with Crippen molar-refractivity contribution in [3.63, 3.8) is 0 Å². The third-order valence-corrected chi connectivity index (χ3v) is 6.02. The van der Waals surface area contributed by atoms with Gasteiger partial charge in [0.25, 0.3) is 5.91 Å². The Labute approximate surface area is 144 Å². The van der Waals surface area contributed by atoms with Crippen molar-refractivity contribution in [2.24, 2.45) is 5.92 Å². The number of hydrogen-bond acceptors (Lipinski definition) is 5. The highest BCUT2D eigenvalue weighted by Gasteiger charge is 2.24. The molecule has 0 fully saturated rings. The van der Waals surface area contributed by atoms with E-state index in [4.69, 9.17) is 0 Å². The number of hydrogen-bond donors (Lipinski definition) is 1. The van der Waals surface area contributed by atoms with Crippen molar-refractivity contribution in [3.05, 3.63) is 22.6 Å². The van der Waals surface area contributed by atoms with E-state index in [1.165, 1.54) is 16.9 Å². The van der Waals surface area contributed by atoms with Gasteiger partial charge in [-0.2, -0.15) is 0 Å². The molecule has 0 saturated heterocycles. The van der Waals surface area contributed by atoms with E-state index in [-0.39, 0.29) is 17.8 Å². The fourth-order valence-corrected chi connectivity index (χ4v) is 4.41. The number of fused-ring (bicyclic) bond motifs is 5. The summed E-state index contributed by atoms with van der Waals surface area (Å²) in [5.41, 5.74) is 2.11. The normalized spacial score (nSPS) is 18.7. The van der Waals surface area contributed by atoms with E-state index in [0.29, 0.717) is 5.92 Å². The summed E-state index contributed by atoms with van der Waals surface area (Å²) in [4.78, 5) is 23.8. The molecule has 126 valence electrons. The quantitative estimate of drug-likeness (QED) is 0.793. The van der Waals surface area contributed by atoms with E-state index in [9.17, 15) is 4.79 Å². The molecular weight excluding hydrogens is 322 g/mol. The van der Waals surface area contributed by atoms with E-state index in [2.05, 4.69) is 27.3 Å². The van der Waals surface area contributed by atoms with Gasteiger partial charge in [-0.3, -0.25) is 4.79 Å². The van der Waals surface area contributed by atoms with E-state index >= 15 is 0 Å². The van der Waals surface area contributed by atoms with E-state index in [1.54, 1.807) is 22.2 Å². The number of aromatic nitrogens is 4. The highest BCUT2D eigenvalue weighted by Crippen LogP contribution is 2.38. The first-order chi connectivity index (χ1) is 11.6. The lowest BCUT2D eigenvalue weighted by Crippen LogP contribution is -2.32. The molecule has 6 nitrogen and oxygen atoms in total. The average molecular weight is 343 g/mol. The molecule has 1 amide bonds. The van der Waals surface area contributed by atoms with E-state index < -0.39 is 0 Å². The van der Waals surface area contributed by atoms with Crippen molar-refractivity contribution in [1.82, 2.24) is 24.9 Å². The van der Waals surface area contributed by atoms with Crippen molar-refractivity contribution in [2.45, 2.75) is 52.5 Å². The topological polar surface area (TPSA) is 72.2 Å². The van der Waals surface area contributed by atoms with Crippen LogP contribution in [0.15, 0.2) is 6.33 Å². The minimum Gasteiger partial charge on any atom is -0.347 e. The lowest BCUT2D eigenvalue weighted by molar-refractivity contribution is 0.0929. The van der Waals surface area contributed by atoms with Gasteiger partial charge in [-0.15, -0.1) is 16.4 Å². The van der Waals surface area contributed by atoms with Gasteiger partial charge in [-0.25, -0.2) is 14.5 Å². The average Bonchev–Trinajstić information content (AvgIpc) is 3.14. The molecule has 0 aromatic carbocycles. The number of thiophene rings is 1. The van der Waals surface area contributed by atoms with Crippen LogP contribution in [0.5, 0.6) is 0 Å². The van der Waals surface area contributed by atoms with Gasteiger partial charge in [0.1, 0.15) is 11.2 Å². The number of rotatable bonds is 3. The van der Waals surface area contributed by atoms with Crippen LogP contribution in [0, 0.1) is 5.92 Å². The molecule has 0 spiro atoms. The Bertz CT molecular complexity index is 928. The van der Waals surface area contributed by atoms with Crippen molar-refractivity contribution < 1.29 is 4.79 Å². The molecule has 3 heterocycles. The molecule has 0 aliphatic heterocycles. The smallest absolute Gasteiger partial charge is 0.291 e. The predicted molar refractivity (Wildman–Crippen MR) is 94.6 cm³/mol. The van der Waals surface area contributed by atoms with Gasteiger partial charge in [-0.1, -0.05) is 13.8 Å². The Morgan fingerprint density at radius 3 is 3.17 bits per heavy atom. The van der Waals surface area contributed by atoms with Crippen LogP contribution < -0.4 is 5.32 Å². The molecule has 3 aromatic heterocycles. The van der Waals surface area contributed by atoms with E-state index in [0.717, 1.165) is 35.1 Å². The van der Waals surface area contributed by atoms with Gasteiger partial charge in [0.2, 0.25) is 5.82 Å². The van der Waals surface area contributed by atoms with Crippen LogP contribution in [0.3, 0.4) is 0 Å². The molecule has 24 heavy (non-hydrogen) atoms. The highest BCUT2D eigenvalue weighted by molar-refractivity contribution is 7.19. The maximum Gasteiger partial charge on any atom is 0.291 e. The summed E-state index contributed by atoms with van der Waals surface area (Å²) < 4.78 is 1.64. The predicted octanol–water partition coefficient (Wildman–Crippen LogP) is 2.99. The van der Waals surface area contributed by atoms with Gasteiger partial charge in [0.15, 0.2) is 5.65 Å². The summed E-state index contributed by atoms with van der Waals surface area (Å²) in [6.07, 6.45) is 5.93. The molecule has 1 aliphatic carbocycles. The van der Waals surface area contributed by atoms with Crippen LogP contribution in [-0.2, 0) is 12.8 Å². The number of nitrogens with zero attached hydrogens (tertiary/aromatic N) is 4. The molecule has 1 aliphatic rings. The van der Waals surface area contributed by atoms with Gasteiger partial charge < -0.3 is 5.32 Å². The molecule has 7 heteroatoms. The fraction of sp³-hybridized carbons (Fsp3) is 0.529. The number of carbonyl (C=O) groups is 1. The first-order valence-corrected chi connectivity index (χ1v) is 9.35. The van der Waals surface area contributed by atoms with Crippen LogP contribution in [0.25, 0.3) is 15.9 Å². The minimum atomic E-state index is -0.223. The van der Waals surface area contributed by atoms with Gasteiger partial charge in [-0.05, 0) is 44.1 Å². The molecule has 2 atom stereocenters. The summed E-state index contributed by atoms with van der Waals surface area (Å²) in [6.45, 7) is 6.30. The third-order valence-electron chi connectivity index (χ3n) is 4.82. The Morgan fingerprint density at radius 1 is 1.54 bits per heavy atom. The molecule has 0 saturated carbocycles. The second-order valence-electron chi connectivity index (χ2n) is 6.76. The van der Waals surface area contributed by atoms with Crippen LogP contribution in [0.2, 0.25) is 0 Å². The number of aryl methyl sites for hydroxylation is 1. The van der Waals surface area contributed by atoms with Crippen LogP contribution in [0.1, 0.15) is 54.7 Å². The van der Waals surface area contributed by atoms with Crippen LogP contribution in [0.4, 0.5) is 0 Å². The second kappa shape index (κ2) is 5.81. The summed E-state index contributed by atoms with van der Waals surface area (Å²) >= 11 is 1.76. The summed E-state index contributed by atoms with van der Waals surface area (Å²) in [5.74, 6) is 0.665. The monoisotopic (exact) mass is 343 g/mol. The van der Waals surface area contributed by atoms with Crippen molar-refractivity contribution in [1.29, 1.82) is 0 Å². The lowest BCUT2D eigenvalue weighted by atomic mass is 9.89. The summed E-state index contributed by atoms with van der Waals surface area (Å²) in [7, 11) is 0. The lowest BCUT2D eigenvalue weighted by Gasteiger charge is -2.17. The zero-order valence-electron chi connectivity index (χ0n) is 14.2. The fourth-order valence-electron chi connectivity index (χ4n) is 3.23. The zero-order valence-corrected chi connectivity index (χ0v) is 15.0. The zero-order chi connectivity index (χ0) is 16.8. The molecule has 0 unspecified atom stereocenters. The maximum atomic E-state index is 12.3. The Morgan fingerprint density at radius 2 is 2.38 bits per heavy atom. The third kappa shape index (κ3) is 2.47. The summed E-state index contributed by atoms with van der Waals surface area (Å²) in [5, 5.41) is 8.34. The van der Waals surface area contributed by atoms with Crippen LogP contribution >= 0.6 is 11.3 Å². The van der Waals surface area contributed by atoms with Gasteiger partial charge >= 0.3 is 0 Å². The summed E-state index contributed by atoms with van der Waals surface area (Å²) in [6, 6.07) is 0.108.